The van der Waals surface area contributed by atoms with Gasteiger partial charge in [0.1, 0.15) is 0 Å². The molecule has 4 nitrogen and oxygen atoms in total. The number of nitrogens with one attached hydrogen (secondary N) is 1. The van der Waals surface area contributed by atoms with E-state index in [1.165, 1.54) is 11.3 Å². The van der Waals surface area contributed by atoms with Crippen LogP contribution in [0, 0.1) is 0 Å². The first-order chi connectivity index (χ1) is 10.1. The van der Waals surface area contributed by atoms with Crippen LogP contribution < -0.4 is 10.2 Å². The van der Waals surface area contributed by atoms with Crippen LogP contribution in [0.1, 0.15) is 32.4 Å². The number of methoxy groups -OCH3 is 2. The molecule has 0 aliphatic heterocycles. The van der Waals surface area contributed by atoms with Crippen molar-refractivity contribution in [3.8, 4) is 0 Å². The Hall–Kier alpha value is -1.10. The van der Waals surface area contributed by atoms with Crippen molar-refractivity contribution in [3.63, 3.8) is 0 Å². The zero-order valence-electron chi connectivity index (χ0n) is 14.1. The van der Waals surface area contributed by atoms with E-state index in [1.54, 1.807) is 14.2 Å². The first-order valence-corrected chi connectivity index (χ1v) is 7.71. The molecule has 2 unspecified atom stereocenters. The molecule has 0 fully saturated rings. The first-order valence-electron chi connectivity index (χ1n) is 7.71. The average Bonchev–Trinajstić information content (AvgIpc) is 2.49. The van der Waals surface area contributed by atoms with Gasteiger partial charge in [0.05, 0.1) is 13.2 Å². The minimum absolute atomic E-state index is 0.321. The summed E-state index contributed by atoms with van der Waals surface area (Å²) in [5.41, 5.74) is 2.52. The SMILES string of the molecule is CCNC(C)c1ccc(N(CCOC)C(C)COC)cc1. The van der Waals surface area contributed by atoms with Crippen molar-refractivity contribution in [1.29, 1.82) is 0 Å². The molecule has 21 heavy (non-hydrogen) atoms. The van der Waals surface area contributed by atoms with Crippen LogP contribution >= 0.6 is 0 Å². The zero-order valence-corrected chi connectivity index (χ0v) is 14.1. The van der Waals surface area contributed by atoms with Gasteiger partial charge in [0.2, 0.25) is 0 Å². The topological polar surface area (TPSA) is 33.7 Å². The van der Waals surface area contributed by atoms with Gasteiger partial charge in [-0.1, -0.05) is 19.1 Å². The third-order valence-corrected chi connectivity index (χ3v) is 3.71. The van der Waals surface area contributed by atoms with E-state index in [9.17, 15) is 0 Å². The lowest BCUT2D eigenvalue weighted by atomic mass is 10.1. The molecule has 1 aromatic rings. The van der Waals surface area contributed by atoms with Gasteiger partial charge in [-0.15, -0.1) is 0 Å². The predicted octanol–water partition coefficient (Wildman–Crippen LogP) is 2.84. The second kappa shape index (κ2) is 9.77. The van der Waals surface area contributed by atoms with Gasteiger partial charge >= 0.3 is 0 Å². The molecule has 0 aromatic heterocycles. The van der Waals surface area contributed by atoms with Crippen LogP contribution in [0.15, 0.2) is 24.3 Å². The number of hydrogen-bond acceptors (Lipinski definition) is 4. The van der Waals surface area contributed by atoms with E-state index in [-0.39, 0.29) is 0 Å². The van der Waals surface area contributed by atoms with E-state index in [2.05, 4.69) is 55.3 Å². The molecule has 0 amide bonds. The number of hydrogen-bond donors (Lipinski definition) is 1. The second-order valence-corrected chi connectivity index (χ2v) is 5.36. The van der Waals surface area contributed by atoms with Crippen molar-refractivity contribution in [2.75, 3.05) is 45.4 Å². The van der Waals surface area contributed by atoms with E-state index >= 15 is 0 Å². The van der Waals surface area contributed by atoms with E-state index in [0.29, 0.717) is 25.3 Å². The Morgan fingerprint density at radius 2 is 1.76 bits per heavy atom. The van der Waals surface area contributed by atoms with Gasteiger partial charge in [0.25, 0.3) is 0 Å². The molecule has 2 atom stereocenters. The fraction of sp³-hybridized carbons (Fsp3) is 0.647. The van der Waals surface area contributed by atoms with E-state index in [0.717, 1.165) is 13.1 Å². The van der Waals surface area contributed by atoms with Crippen LogP contribution in [0.3, 0.4) is 0 Å². The lowest BCUT2D eigenvalue weighted by molar-refractivity contribution is 0.171. The number of rotatable bonds is 10. The van der Waals surface area contributed by atoms with Crippen LogP contribution in [-0.2, 0) is 9.47 Å². The van der Waals surface area contributed by atoms with Crippen molar-refractivity contribution in [2.24, 2.45) is 0 Å². The molecule has 4 heteroatoms. The second-order valence-electron chi connectivity index (χ2n) is 5.36. The van der Waals surface area contributed by atoms with Crippen LogP contribution in [0.25, 0.3) is 0 Å². The quantitative estimate of drug-likeness (QED) is 0.719. The van der Waals surface area contributed by atoms with Gasteiger partial charge in [-0.05, 0) is 38.1 Å². The highest BCUT2D eigenvalue weighted by Gasteiger charge is 2.14. The first kappa shape index (κ1) is 18.0. The number of anilines is 1. The minimum Gasteiger partial charge on any atom is -0.383 e. The van der Waals surface area contributed by atoms with E-state index in [4.69, 9.17) is 9.47 Å². The Balaban J connectivity index is 2.82. The normalized spacial score (nSPS) is 14.0. The van der Waals surface area contributed by atoms with E-state index < -0.39 is 0 Å². The standard InChI is InChI=1S/C17H30N2O2/c1-6-18-15(3)16-7-9-17(10-8-16)19(11-12-20-4)14(2)13-21-5/h7-10,14-15,18H,6,11-13H2,1-5H3. The maximum Gasteiger partial charge on any atom is 0.0663 e. The van der Waals surface area contributed by atoms with Crippen molar-refractivity contribution >= 4 is 5.69 Å². The Morgan fingerprint density at radius 3 is 2.29 bits per heavy atom. The Morgan fingerprint density at radius 1 is 1.10 bits per heavy atom. The van der Waals surface area contributed by atoms with Crippen LogP contribution in [0.5, 0.6) is 0 Å². The molecule has 0 radical (unpaired) electrons. The summed E-state index contributed by atoms with van der Waals surface area (Å²) in [5, 5.41) is 3.43. The van der Waals surface area contributed by atoms with Gasteiger partial charge < -0.3 is 19.7 Å². The summed E-state index contributed by atoms with van der Waals surface area (Å²) < 4.78 is 10.5. The van der Waals surface area contributed by atoms with Crippen molar-refractivity contribution in [3.05, 3.63) is 29.8 Å². The van der Waals surface area contributed by atoms with Crippen molar-refractivity contribution in [2.45, 2.75) is 32.9 Å². The third kappa shape index (κ3) is 5.65. The molecule has 0 aliphatic rings. The van der Waals surface area contributed by atoms with Gasteiger partial charge in [-0.25, -0.2) is 0 Å². The smallest absolute Gasteiger partial charge is 0.0663 e. The zero-order chi connectivity index (χ0) is 15.7. The summed E-state index contributed by atoms with van der Waals surface area (Å²) in [7, 11) is 3.48. The van der Waals surface area contributed by atoms with Gasteiger partial charge in [-0.2, -0.15) is 0 Å². The largest absolute Gasteiger partial charge is 0.383 e. The number of benzene rings is 1. The number of nitrogens with zero attached hydrogens (tertiary/aromatic N) is 1. The molecule has 0 bridgehead atoms. The van der Waals surface area contributed by atoms with Crippen LogP contribution in [0.4, 0.5) is 5.69 Å². The fourth-order valence-electron chi connectivity index (χ4n) is 2.50. The Bertz CT molecular complexity index is 381. The molecule has 1 N–H and O–H groups in total. The predicted molar refractivity (Wildman–Crippen MR) is 89.1 cm³/mol. The highest BCUT2D eigenvalue weighted by Crippen LogP contribution is 2.21. The lowest BCUT2D eigenvalue weighted by Crippen LogP contribution is -2.38. The summed E-state index contributed by atoms with van der Waals surface area (Å²) in [6.45, 7) is 9.76. The molecule has 1 aromatic carbocycles. The molecule has 120 valence electrons. The van der Waals surface area contributed by atoms with Gasteiger partial charge in [0, 0.05) is 38.5 Å². The molecule has 0 saturated carbocycles. The average molecular weight is 294 g/mol. The third-order valence-electron chi connectivity index (χ3n) is 3.71. The molecular weight excluding hydrogens is 264 g/mol. The monoisotopic (exact) mass is 294 g/mol. The molecule has 1 rings (SSSR count). The summed E-state index contributed by atoms with van der Waals surface area (Å²) in [6, 6.07) is 9.47. The van der Waals surface area contributed by atoms with Crippen LogP contribution in [0.2, 0.25) is 0 Å². The van der Waals surface area contributed by atoms with Crippen LogP contribution in [-0.4, -0.2) is 46.6 Å². The maximum atomic E-state index is 5.29. The summed E-state index contributed by atoms with van der Waals surface area (Å²) in [6.07, 6.45) is 0. The Kier molecular flexibility index (Phi) is 8.35. The molecule has 0 spiro atoms. The molecule has 0 saturated heterocycles. The molecular formula is C17H30N2O2. The summed E-state index contributed by atoms with van der Waals surface area (Å²) >= 11 is 0. The fourth-order valence-corrected chi connectivity index (χ4v) is 2.50. The van der Waals surface area contributed by atoms with E-state index in [1.807, 2.05) is 0 Å². The minimum atomic E-state index is 0.321. The Labute approximate surface area is 129 Å². The summed E-state index contributed by atoms with van der Waals surface area (Å²) in [4.78, 5) is 2.33. The van der Waals surface area contributed by atoms with Crippen molar-refractivity contribution in [1.82, 2.24) is 5.32 Å². The maximum absolute atomic E-state index is 5.29. The number of ether oxygens (including phenoxy) is 2. The molecule has 0 heterocycles. The van der Waals surface area contributed by atoms with Gasteiger partial charge in [0.15, 0.2) is 0 Å². The lowest BCUT2D eigenvalue weighted by Gasteiger charge is -2.31. The highest BCUT2D eigenvalue weighted by molar-refractivity contribution is 5.49. The summed E-state index contributed by atoms with van der Waals surface area (Å²) in [5.74, 6) is 0. The van der Waals surface area contributed by atoms with Crippen molar-refractivity contribution < 1.29 is 9.47 Å². The van der Waals surface area contributed by atoms with Gasteiger partial charge in [-0.3, -0.25) is 0 Å². The highest BCUT2D eigenvalue weighted by atomic mass is 16.5. The molecule has 0 aliphatic carbocycles.